The van der Waals surface area contributed by atoms with Gasteiger partial charge in [-0.1, -0.05) is 6.92 Å². The number of likely N-dealkylation sites (N-methyl/N-ethyl adjacent to an activating group) is 1. The highest BCUT2D eigenvalue weighted by Gasteiger charge is 2.27. The van der Waals surface area contributed by atoms with E-state index in [-0.39, 0.29) is 4.90 Å². The van der Waals surface area contributed by atoms with Crippen molar-refractivity contribution in [3.05, 3.63) is 18.3 Å². The normalized spacial score (nSPS) is 15.6. The third-order valence-corrected chi connectivity index (χ3v) is 4.91. The van der Waals surface area contributed by atoms with Gasteiger partial charge in [-0.05, 0) is 31.5 Å². The van der Waals surface area contributed by atoms with E-state index < -0.39 is 10.0 Å². The molecule has 1 heterocycles. The summed E-state index contributed by atoms with van der Waals surface area (Å²) < 4.78 is 26.8. The molecule has 0 radical (unpaired) electrons. The highest BCUT2D eigenvalue weighted by Crippen LogP contribution is 2.25. The number of nitrogens with zero attached hydrogens (tertiary/aromatic N) is 2. The van der Waals surface area contributed by atoms with Crippen LogP contribution in [0.1, 0.15) is 19.8 Å². The Morgan fingerprint density at radius 1 is 1.40 bits per heavy atom. The molecule has 112 valence electrons. The summed E-state index contributed by atoms with van der Waals surface area (Å²) in [5.41, 5.74) is 0. The van der Waals surface area contributed by atoms with Crippen molar-refractivity contribution in [3.8, 4) is 0 Å². The SMILES string of the molecule is CCN(CCNS(=O)(=O)c1ccc(NC)nc1)C1CC1. The van der Waals surface area contributed by atoms with Crippen molar-refractivity contribution in [2.24, 2.45) is 0 Å². The first kappa shape index (κ1) is 15.2. The molecule has 0 amide bonds. The summed E-state index contributed by atoms with van der Waals surface area (Å²) in [6.45, 7) is 4.25. The topological polar surface area (TPSA) is 74.3 Å². The lowest BCUT2D eigenvalue weighted by molar-refractivity contribution is 0.282. The molecule has 0 bridgehead atoms. The molecule has 1 saturated carbocycles. The molecule has 1 fully saturated rings. The van der Waals surface area contributed by atoms with E-state index in [0.29, 0.717) is 18.4 Å². The summed E-state index contributed by atoms with van der Waals surface area (Å²) in [6, 6.07) is 3.86. The van der Waals surface area contributed by atoms with E-state index >= 15 is 0 Å². The first-order valence-electron chi connectivity index (χ1n) is 6.94. The zero-order valence-electron chi connectivity index (χ0n) is 12.0. The number of hydrogen-bond acceptors (Lipinski definition) is 5. The van der Waals surface area contributed by atoms with Gasteiger partial charge in [-0.15, -0.1) is 0 Å². The van der Waals surface area contributed by atoms with Crippen molar-refractivity contribution in [1.29, 1.82) is 0 Å². The Hall–Kier alpha value is -1.18. The van der Waals surface area contributed by atoms with Crippen LogP contribution in [0, 0.1) is 0 Å². The van der Waals surface area contributed by atoms with Crippen molar-refractivity contribution in [1.82, 2.24) is 14.6 Å². The molecule has 1 aromatic rings. The van der Waals surface area contributed by atoms with Crippen molar-refractivity contribution in [2.75, 3.05) is 32.0 Å². The molecule has 0 atom stereocenters. The van der Waals surface area contributed by atoms with Crippen LogP contribution >= 0.6 is 0 Å². The lowest BCUT2D eigenvalue weighted by Crippen LogP contribution is -2.36. The monoisotopic (exact) mass is 298 g/mol. The Morgan fingerprint density at radius 2 is 2.15 bits per heavy atom. The molecule has 20 heavy (non-hydrogen) atoms. The number of rotatable bonds is 8. The number of anilines is 1. The van der Waals surface area contributed by atoms with Gasteiger partial charge in [0.05, 0.1) is 0 Å². The number of nitrogens with one attached hydrogen (secondary N) is 2. The fourth-order valence-corrected chi connectivity index (χ4v) is 3.10. The molecule has 2 N–H and O–H groups in total. The molecule has 1 aliphatic carbocycles. The van der Waals surface area contributed by atoms with Crippen molar-refractivity contribution in [3.63, 3.8) is 0 Å². The maximum atomic E-state index is 12.1. The van der Waals surface area contributed by atoms with Gasteiger partial charge in [-0.3, -0.25) is 4.90 Å². The van der Waals surface area contributed by atoms with Gasteiger partial charge in [0, 0.05) is 32.4 Å². The molecule has 0 unspecified atom stereocenters. The average molecular weight is 298 g/mol. The van der Waals surface area contributed by atoms with E-state index in [4.69, 9.17) is 0 Å². The molecule has 1 aliphatic rings. The summed E-state index contributed by atoms with van der Waals surface area (Å²) in [5.74, 6) is 0.648. The third-order valence-electron chi connectivity index (χ3n) is 3.46. The minimum atomic E-state index is -3.46. The van der Waals surface area contributed by atoms with Gasteiger partial charge in [0.25, 0.3) is 0 Å². The van der Waals surface area contributed by atoms with Gasteiger partial charge in [-0.25, -0.2) is 18.1 Å². The van der Waals surface area contributed by atoms with Crippen LogP contribution < -0.4 is 10.0 Å². The molecule has 0 aromatic carbocycles. The number of pyridine rings is 1. The minimum Gasteiger partial charge on any atom is -0.373 e. The number of aromatic nitrogens is 1. The number of sulfonamides is 1. The van der Waals surface area contributed by atoms with Gasteiger partial charge in [0.15, 0.2) is 0 Å². The summed E-state index contributed by atoms with van der Waals surface area (Å²) in [4.78, 5) is 6.53. The second-order valence-electron chi connectivity index (χ2n) is 4.89. The predicted octanol–water partition coefficient (Wildman–Crippen LogP) is 0.886. The van der Waals surface area contributed by atoms with Gasteiger partial charge in [-0.2, -0.15) is 0 Å². The lowest BCUT2D eigenvalue weighted by Gasteiger charge is -2.19. The zero-order valence-corrected chi connectivity index (χ0v) is 12.8. The van der Waals surface area contributed by atoms with Gasteiger partial charge < -0.3 is 5.32 Å². The van der Waals surface area contributed by atoms with Gasteiger partial charge in [0.1, 0.15) is 10.7 Å². The molecule has 0 aliphatic heterocycles. The molecule has 6 nitrogen and oxygen atoms in total. The molecular formula is C13H22N4O2S. The van der Waals surface area contributed by atoms with Crippen LogP contribution in [0.15, 0.2) is 23.2 Å². The lowest BCUT2D eigenvalue weighted by atomic mass is 10.4. The number of hydrogen-bond donors (Lipinski definition) is 2. The van der Waals surface area contributed by atoms with E-state index in [1.54, 1.807) is 19.2 Å². The second kappa shape index (κ2) is 6.51. The predicted molar refractivity (Wildman–Crippen MR) is 79.2 cm³/mol. The van der Waals surface area contributed by atoms with Gasteiger partial charge >= 0.3 is 0 Å². The minimum absolute atomic E-state index is 0.200. The van der Waals surface area contributed by atoms with E-state index in [1.165, 1.54) is 19.0 Å². The fraction of sp³-hybridized carbons (Fsp3) is 0.615. The summed E-state index contributed by atoms with van der Waals surface area (Å²) >= 11 is 0. The molecule has 0 saturated heterocycles. The van der Waals surface area contributed by atoms with E-state index in [2.05, 4.69) is 26.8 Å². The Kier molecular flexibility index (Phi) is 4.95. The largest absolute Gasteiger partial charge is 0.373 e. The second-order valence-corrected chi connectivity index (χ2v) is 6.65. The van der Waals surface area contributed by atoms with Crippen molar-refractivity contribution >= 4 is 15.8 Å². The van der Waals surface area contributed by atoms with Crippen LogP contribution in [0.5, 0.6) is 0 Å². The highest BCUT2D eigenvalue weighted by molar-refractivity contribution is 7.89. The summed E-state index contributed by atoms with van der Waals surface area (Å²) in [6.07, 6.45) is 3.83. The smallest absolute Gasteiger partial charge is 0.242 e. The van der Waals surface area contributed by atoms with Crippen LogP contribution in [0.2, 0.25) is 0 Å². The highest BCUT2D eigenvalue weighted by atomic mass is 32.2. The van der Waals surface area contributed by atoms with E-state index in [0.717, 1.165) is 13.1 Å². The molecule has 0 spiro atoms. The zero-order chi connectivity index (χ0) is 14.6. The van der Waals surface area contributed by atoms with E-state index in [1.807, 2.05) is 0 Å². The van der Waals surface area contributed by atoms with Crippen LogP contribution in [-0.2, 0) is 10.0 Å². The molecule has 2 rings (SSSR count). The summed E-state index contributed by atoms with van der Waals surface area (Å²) in [5, 5.41) is 2.86. The maximum absolute atomic E-state index is 12.1. The Balaban J connectivity index is 1.89. The standard InChI is InChI=1S/C13H22N4O2S/c1-3-17(11-4-5-11)9-8-16-20(18,19)12-6-7-13(14-2)15-10-12/h6-7,10-11,16H,3-5,8-9H2,1-2H3,(H,14,15). The van der Waals surface area contributed by atoms with Crippen molar-refractivity contribution < 1.29 is 8.42 Å². The Bertz CT molecular complexity index is 526. The fourth-order valence-electron chi connectivity index (χ4n) is 2.13. The first-order valence-corrected chi connectivity index (χ1v) is 8.42. The third kappa shape index (κ3) is 3.91. The van der Waals surface area contributed by atoms with E-state index in [9.17, 15) is 8.42 Å². The average Bonchev–Trinajstić information content (AvgIpc) is 3.28. The van der Waals surface area contributed by atoms with Crippen LogP contribution in [0.4, 0.5) is 5.82 Å². The van der Waals surface area contributed by atoms with Crippen LogP contribution in [0.3, 0.4) is 0 Å². The molecular weight excluding hydrogens is 276 g/mol. The first-order chi connectivity index (χ1) is 9.56. The molecule has 7 heteroatoms. The summed E-state index contributed by atoms with van der Waals surface area (Å²) in [7, 11) is -1.72. The quantitative estimate of drug-likeness (QED) is 0.745. The van der Waals surface area contributed by atoms with Crippen molar-refractivity contribution in [2.45, 2.75) is 30.7 Å². The van der Waals surface area contributed by atoms with Gasteiger partial charge in [0.2, 0.25) is 10.0 Å². The Labute approximate surface area is 120 Å². The Morgan fingerprint density at radius 3 is 2.65 bits per heavy atom. The maximum Gasteiger partial charge on any atom is 0.242 e. The molecule has 1 aromatic heterocycles. The van der Waals surface area contributed by atoms with Crippen LogP contribution in [-0.4, -0.2) is 51.0 Å². The van der Waals surface area contributed by atoms with Crippen LogP contribution in [0.25, 0.3) is 0 Å².